The molecule has 2 aromatic carbocycles. The maximum absolute atomic E-state index is 13.7. The highest BCUT2D eigenvalue weighted by molar-refractivity contribution is 9.10. The fourth-order valence-corrected chi connectivity index (χ4v) is 2.79. The Kier molecular flexibility index (Phi) is 4.89. The predicted molar refractivity (Wildman–Crippen MR) is 80.8 cm³/mol. The molecule has 1 nitrogen and oxygen atoms in total. The second kappa shape index (κ2) is 6.46. The lowest BCUT2D eigenvalue weighted by Crippen LogP contribution is -2.23. The number of aryl methyl sites for hydroxylation is 1. The highest BCUT2D eigenvalue weighted by Crippen LogP contribution is 2.32. The van der Waals surface area contributed by atoms with E-state index >= 15 is 0 Å². The van der Waals surface area contributed by atoms with E-state index in [1.54, 1.807) is 12.1 Å². The van der Waals surface area contributed by atoms with Crippen molar-refractivity contribution in [2.45, 2.75) is 19.9 Å². The summed E-state index contributed by atoms with van der Waals surface area (Å²) in [5.74, 6) is -0.565. The number of nitrogens with one attached hydrogen (secondary N) is 1. The Balaban J connectivity index is 2.53. The van der Waals surface area contributed by atoms with Crippen LogP contribution in [0.15, 0.2) is 40.9 Å². The summed E-state index contributed by atoms with van der Waals surface area (Å²) in [5, 5.41) is 3.32. The SMILES string of the molecule is CCNC(c1ccc(F)cc1C)c1cccc(F)c1Br. The van der Waals surface area contributed by atoms with Crippen molar-refractivity contribution in [3.63, 3.8) is 0 Å². The normalized spacial score (nSPS) is 12.4. The molecule has 0 amide bonds. The summed E-state index contributed by atoms with van der Waals surface area (Å²) < 4.78 is 27.4. The van der Waals surface area contributed by atoms with Gasteiger partial charge in [0.15, 0.2) is 0 Å². The van der Waals surface area contributed by atoms with Crippen LogP contribution in [0.5, 0.6) is 0 Å². The molecule has 0 bridgehead atoms. The average molecular weight is 340 g/mol. The van der Waals surface area contributed by atoms with E-state index in [1.807, 2.05) is 19.9 Å². The van der Waals surface area contributed by atoms with E-state index in [1.165, 1.54) is 18.2 Å². The third kappa shape index (κ3) is 3.07. The Morgan fingerprint density at radius 2 is 1.90 bits per heavy atom. The predicted octanol–water partition coefficient (Wildman–Crippen LogP) is 4.73. The molecule has 1 N–H and O–H groups in total. The molecular formula is C16H16BrF2N. The molecule has 0 spiro atoms. The van der Waals surface area contributed by atoms with Gasteiger partial charge in [0.25, 0.3) is 0 Å². The van der Waals surface area contributed by atoms with Crippen LogP contribution in [-0.2, 0) is 0 Å². The minimum atomic E-state index is -0.301. The van der Waals surface area contributed by atoms with E-state index < -0.39 is 0 Å². The molecule has 0 heterocycles. The lowest BCUT2D eigenvalue weighted by Gasteiger charge is -2.22. The van der Waals surface area contributed by atoms with Gasteiger partial charge < -0.3 is 5.32 Å². The second-order valence-electron chi connectivity index (χ2n) is 4.63. The molecule has 0 saturated carbocycles. The van der Waals surface area contributed by atoms with E-state index in [-0.39, 0.29) is 17.7 Å². The van der Waals surface area contributed by atoms with Crippen LogP contribution in [0.1, 0.15) is 29.7 Å². The molecule has 0 aromatic heterocycles. The van der Waals surface area contributed by atoms with E-state index in [9.17, 15) is 8.78 Å². The van der Waals surface area contributed by atoms with Crippen LogP contribution in [0.2, 0.25) is 0 Å². The zero-order chi connectivity index (χ0) is 14.7. The van der Waals surface area contributed by atoms with Gasteiger partial charge in [0.2, 0.25) is 0 Å². The minimum absolute atomic E-state index is 0.175. The molecule has 0 aliphatic heterocycles. The van der Waals surface area contributed by atoms with Crippen LogP contribution in [0.4, 0.5) is 8.78 Å². The maximum Gasteiger partial charge on any atom is 0.137 e. The molecule has 106 valence electrons. The highest BCUT2D eigenvalue weighted by Gasteiger charge is 2.19. The molecule has 0 aliphatic carbocycles. The van der Waals surface area contributed by atoms with Crippen LogP contribution in [0, 0.1) is 18.6 Å². The third-order valence-electron chi connectivity index (χ3n) is 3.24. The summed E-state index contributed by atoms with van der Waals surface area (Å²) in [4.78, 5) is 0. The standard InChI is InChI=1S/C16H16BrF2N/c1-3-20-16(12-8-7-11(18)9-10(12)2)13-5-4-6-14(19)15(13)17/h4-9,16,20H,3H2,1-2H3. The molecule has 0 fully saturated rings. The Morgan fingerprint density at radius 1 is 1.15 bits per heavy atom. The van der Waals surface area contributed by atoms with Crippen LogP contribution in [0.3, 0.4) is 0 Å². The maximum atomic E-state index is 13.7. The lowest BCUT2D eigenvalue weighted by atomic mass is 9.94. The summed E-state index contributed by atoms with van der Waals surface area (Å²) in [7, 11) is 0. The average Bonchev–Trinajstić information content (AvgIpc) is 2.40. The summed E-state index contributed by atoms with van der Waals surface area (Å²) in [6, 6.07) is 9.45. The molecule has 1 unspecified atom stereocenters. The molecule has 2 rings (SSSR count). The van der Waals surface area contributed by atoms with E-state index in [0.717, 1.165) is 23.2 Å². The fraction of sp³-hybridized carbons (Fsp3) is 0.250. The summed E-state index contributed by atoms with van der Waals surface area (Å²) in [6.07, 6.45) is 0. The van der Waals surface area contributed by atoms with Gasteiger partial charge >= 0.3 is 0 Å². The molecule has 0 aliphatic rings. The fourth-order valence-electron chi connectivity index (χ4n) is 2.30. The van der Waals surface area contributed by atoms with Crippen LogP contribution < -0.4 is 5.32 Å². The summed E-state index contributed by atoms with van der Waals surface area (Å²) in [6.45, 7) is 4.57. The van der Waals surface area contributed by atoms with Gasteiger partial charge in [0.05, 0.1) is 10.5 Å². The summed E-state index contributed by atoms with van der Waals surface area (Å²) in [5.41, 5.74) is 2.59. The highest BCUT2D eigenvalue weighted by atomic mass is 79.9. The first kappa shape index (κ1) is 15.1. The molecule has 0 radical (unpaired) electrons. The largest absolute Gasteiger partial charge is 0.306 e. The smallest absolute Gasteiger partial charge is 0.137 e. The molecule has 0 saturated heterocycles. The number of halogens is 3. The number of hydrogen-bond acceptors (Lipinski definition) is 1. The van der Waals surface area contributed by atoms with E-state index in [2.05, 4.69) is 21.2 Å². The third-order valence-corrected chi connectivity index (χ3v) is 4.08. The number of hydrogen-bond donors (Lipinski definition) is 1. The van der Waals surface area contributed by atoms with Crippen molar-refractivity contribution in [3.05, 3.63) is 69.2 Å². The van der Waals surface area contributed by atoms with Crippen LogP contribution >= 0.6 is 15.9 Å². The molecule has 4 heteroatoms. The zero-order valence-electron chi connectivity index (χ0n) is 11.4. The zero-order valence-corrected chi connectivity index (χ0v) is 13.0. The first-order valence-corrected chi connectivity index (χ1v) is 7.27. The molecule has 1 atom stereocenters. The van der Waals surface area contributed by atoms with Gasteiger partial charge in [0, 0.05) is 0 Å². The van der Waals surface area contributed by atoms with Crippen molar-refractivity contribution in [3.8, 4) is 0 Å². The van der Waals surface area contributed by atoms with Gasteiger partial charge in [-0.25, -0.2) is 8.78 Å². The van der Waals surface area contributed by atoms with Gasteiger partial charge in [-0.15, -0.1) is 0 Å². The summed E-state index contributed by atoms with van der Waals surface area (Å²) >= 11 is 3.30. The van der Waals surface area contributed by atoms with Gasteiger partial charge in [-0.2, -0.15) is 0 Å². The van der Waals surface area contributed by atoms with Crippen molar-refractivity contribution in [1.29, 1.82) is 0 Å². The molecule has 2 aromatic rings. The van der Waals surface area contributed by atoms with Crippen molar-refractivity contribution in [2.75, 3.05) is 6.54 Å². The number of benzene rings is 2. The first-order chi connectivity index (χ1) is 9.54. The Morgan fingerprint density at radius 3 is 2.55 bits per heavy atom. The molecular weight excluding hydrogens is 324 g/mol. The van der Waals surface area contributed by atoms with Gasteiger partial charge in [-0.3, -0.25) is 0 Å². The van der Waals surface area contributed by atoms with Gasteiger partial charge in [0.1, 0.15) is 11.6 Å². The van der Waals surface area contributed by atoms with Crippen molar-refractivity contribution < 1.29 is 8.78 Å². The second-order valence-corrected chi connectivity index (χ2v) is 5.43. The Hall–Kier alpha value is -1.26. The van der Waals surface area contributed by atoms with Crippen molar-refractivity contribution >= 4 is 15.9 Å². The first-order valence-electron chi connectivity index (χ1n) is 6.48. The number of rotatable bonds is 4. The minimum Gasteiger partial charge on any atom is -0.306 e. The Bertz CT molecular complexity index is 613. The van der Waals surface area contributed by atoms with E-state index in [0.29, 0.717) is 4.47 Å². The van der Waals surface area contributed by atoms with Crippen molar-refractivity contribution in [2.24, 2.45) is 0 Å². The lowest BCUT2D eigenvalue weighted by molar-refractivity contribution is 0.590. The van der Waals surface area contributed by atoms with Crippen LogP contribution in [-0.4, -0.2) is 6.54 Å². The van der Waals surface area contributed by atoms with Gasteiger partial charge in [-0.05, 0) is 64.3 Å². The van der Waals surface area contributed by atoms with Gasteiger partial charge in [-0.1, -0.05) is 25.1 Å². The van der Waals surface area contributed by atoms with E-state index in [4.69, 9.17) is 0 Å². The molecule has 20 heavy (non-hydrogen) atoms. The monoisotopic (exact) mass is 339 g/mol. The van der Waals surface area contributed by atoms with Crippen molar-refractivity contribution in [1.82, 2.24) is 5.32 Å². The Labute approximate surface area is 126 Å². The van der Waals surface area contributed by atoms with Crippen LogP contribution in [0.25, 0.3) is 0 Å². The quantitative estimate of drug-likeness (QED) is 0.848. The topological polar surface area (TPSA) is 12.0 Å².